The van der Waals surface area contributed by atoms with Gasteiger partial charge in [-0.15, -0.1) is 0 Å². The van der Waals surface area contributed by atoms with Crippen LogP contribution < -0.4 is 5.73 Å². The van der Waals surface area contributed by atoms with E-state index < -0.39 is 0 Å². The van der Waals surface area contributed by atoms with Gasteiger partial charge in [-0.3, -0.25) is 9.89 Å². The molecule has 0 aliphatic heterocycles. The lowest BCUT2D eigenvalue weighted by molar-refractivity contribution is 0.0691. The number of nitrogen functional groups attached to an aromatic ring is 1. The molecule has 5 heteroatoms. The predicted molar refractivity (Wildman–Crippen MR) is 75.9 cm³/mol. The normalized spacial score (nSPS) is 14.9. The quantitative estimate of drug-likeness (QED) is 0.827. The molecule has 3 N–H and O–H groups in total. The van der Waals surface area contributed by atoms with Crippen LogP contribution in [0, 0.1) is 5.92 Å². The topological polar surface area (TPSA) is 75.0 Å². The van der Waals surface area contributed by atoms with Crippen LogP contribution in [0.5, 0.6) is 0 Å². The number of nitrogens with two attached hydrogens (primary N) is 1. The molecule has 2 rings (SSSR count). The average Bonchev–Trinajstić information content (AvgIpc) is 3.11. The third-order valence-electron chi connectivity index (χ3n) is 3.62. The van der Waals surface area contributed by atoms with E-state index in [1.165, 1.54) is 12.8 Å². The number of nitrogens with zero attached hydrogens (tertiary/aromatic N) is 2. The van der Waals surface area contributed by atoms with Gasteiger partial charge in [-0.1, -0.05) is 13.3 Å². The lowest BCUT2D eigenvalue weighted by Gasteiger charge is -2.26. The highest BCUT2D eigenvalue weighted by molar-refractivity contribution is 5.97. The molecule has 0 spiro atoms. The van der Waals surface area contributed by atoms with Gasteiger partial charge in [0.2, 0.25) is 0 Å². The molecule has 1 aromatic rings. The van der Waals surface area contributed by atoms with Gasteiger partial charge in [0.1, 0.15) is 0 Å². The number of nitrogens with one attached hydrogen (secondary N) is 1. The van der Waals surface area contributed by atoms with Gasteiger partial charge in [0.05, 0.1) is 11.4 Å². The van der Waals surface area contributed by atoms with Crippen molar-refractivity contribution < 1.29 is 4.79 Å². The van der Waals surface area contributed by atoms with Crippen molar-refractivity contribution >= 4 is 11.6 Å². The third-order valence-corrected chi connectivity index (χ3v) is 3.62. The zero-order valence-corrected chi connectivity index (χ0v) is 12.1. The van der Waals surface area contributed by atoms with Gasteiger partial charge in [0.15, 0.2) is 5.69 Å². The van der Waals surface area contributed by atoms with Gasteiger partial charge < -0.3 is 10.6 Å². The summed E-state index contributed by atoms with van der Waals surface area (Å²) >= 11 is 0. The maximum Gasteiger partial charge on any atom is 0.276 e. The van der Waals surface area contributed by atoms with Crippen LogP contribution in [0.3, 0.4) is 0 Å². The molecule has 1 fully saturated rings. The van der Waals surface area contributed by atoms with Gasteiger partial charge in [-0.25, -0.2) is 0 Å². The maximum absolute atomic E-state index is 12.6. The van der Waals surface area contributed by atoms with Gasteiger partial charge >= 0.3 is 0 Å². The van der Waals surface area contributed by atoms with E-state index >= 15 is 0 Å². The number of aromatic nitrogens is 2. The first-order chi connectivity index (χ1) is 9.04. The molecule has 5 nitrogen and oxygen atoms in total. The number of anilines is 1. The van der Waals surface area contributed by atoms with E-state index in [4.69, 9.17) is 5.73 Å². The zero-order chi connectivity index (χ0) is 14.0. The summed E-state index contributed by atoms with van der Waals surface area (Å²) in [6, 6.07) is 0.179. The highest BCUT2D eigenvalue weighted by Crippen LogP contribution is 2.31. The van der Waals surface area contributed by atoms with E-state index in [1.807, 2.05) is 18.7 Å². The Morgan fingerprint density at radius 2 is 2.21 bits per heavy atom. The van der Waals surface area contributed by atoms with E-state index in [0.717, 1.165) is 25.1 Å². The second-order valence-corrected chi connectivity index (χ2v) is 5.71. The number of hydrogen-bond donors (Lipinski definition) is 2. The fourth-order valence-electron chi connectivity index (χ4n) is 2.23. The van der Waals surface area contributed by atoms with E-state index in [9.17, 15) is 4.79 Å². The first kappa shape index (κ1) is 13.9. The molecule has 1 heterocycles. The van der Waals surface area contributed by atoms with Crippen molar-refractivity contribution in [1.29, 1.82) is 0 Å². The SMILES string of the molecule is CCCc1[nH]nc(C(=O)N(CC2CC2)C(C)C)c1N. The molecule has 0 saturated heterocycles. The van der Waals surface area contributed by atoms with Crippen LogP contribution in [-0.2, 0) is 6.42 Å². The molecule has 0 aromatic carbocycles. The minimum absolute atomic E-state index is 0.0435. The standard InChI is InChI=1S/C14H24N4O/c1-4-5-11-12(15)13(17-16-11)14(19)18(9(2)3)8-10-6-7-10/h9-10H,4-8,15H2,1-3H3,(H,16,17). The summed E-state index contributed by atoms with van der Waals surface area (Å²) in [5, 5.41) is 7.02. The van der Waals surface area contributed by atoms with Gasteiger partial charge in [-0.2, -0.15) is 5.10 Å². The molecule has 0 unspecified atom stereocenters. The van der Waals surface area contributed by atoms with Crippen LogP contribution in [0.25, 0.3) is 0 Å². The highest BCUT2D eigenvalue weighted by atomic mass is 16.2. The Hall–Kier alpha value is -1.52. The van der Waals surface area contributed by atoms with E-state index in [1.54, 1.807) is 0 Å². The summed E-state index contributed by atoms with van der Waals surface area (Å²) in [4.78, 5) is 14.4. The minimum atomic E-state index is -0.0435. The van der Waals surface area contributed by atoms with Crippen LogP contribution in [0.1, 0.15) is 56.2 Å². The highest BCUT2D eigenvalue weighted by Gasteiger charge is 2.30. The first-order valence-corrected chi connectivity index (χ1v) is 7.18. The molecule has 1 aliphatic rings. The Bertz CT molecular complexity index is 448. The number of aryl methyl sites for hydroxylation is 1. The Balaban J connectivity index is 2.15. The number of amides is 1. The number of aromatic amines is 1. The van der Waals surface area contributed by atoms with Crippen LogP contribution >= 0.6 is 0 Å². The number of rotatable bonds is 6. The van der Waals surface area contributed by atoms with Crippen molar-refractivity contribution in [3.8, 4) is 0 Å². The van der Waals surface area contributed by atoms with E-state index in [0.29, 0.717) is 17.3 Å². The number of carbonyl (C=O) groups excluding carboxylic acids is 1. The summed E-state index contributed by atoms with van der Waals surface area (Å²) in [6.07, 6.45) is 4.27. The average molecular weight is 264 g/mol. The molecule has 1 aromatic heterocycles. The summed E-state index contributed by atoms with van der Waals surface area (Å²) in [6.45, 7) is 6.98. The predicted octanol–water partition coefficient (Wildman–Crippen LogP) is 2.21. The van der Waals surface area contributed by atoms with Crippen LogP contribution in [0.4, 0.5) is 5.69 Å². The lowest BCUT2D eigenvalue weighted by atomic mass is 10.2. The Labute approximate surface area is 114 Å². The fraction of sp³-hybridized carbons (Fsp3) is 0.714. The van der Waals surface area contributed by atoms with Crippen molar-refractivity contribution in [2.75, 3.05) is 12.3 Å². The lowest BCUT2D eigenvalue weighted by Crippen LogP contribution is -2.39. The van der Waals surface area contributed by atoms with E-state index in [2.05, 4.69) is 17.1 Å². The molecular weight excluding hydrogens is 240 g/mol. The summed E-state index contributed by atoms with van der Waals surface area (Å²) in [7, 11) is 0. The van der Waals surface area contributed by atoms with Crippen molar-refractivity contribution in [3.63, 3.8) is 0 Å². The molecule has 0 atom stereocenters. The monoisotopic (exact) mass is 264 g/mol. The van der Waals surface area contributed by atoms with Crippen LogP contribution in [0.2, 0.25) is 0 Å². The smallest absolute Gasteiger partial charge is 0.276 e. The molecule has 0 bridgehead atoms. The largest absolute Gasteiger partial charge is 0.395 e. The molecule has 1 amide bonds. The molecule has 0 radical (unpaired) electrons. The Morgan fingerprint density at radius 3 is 2.74 bits per heavy atom. The van der Waals surface area contributed by atoms with Crippen LogP contribution in [0.15, 0.2) is 0 Å². The molecule has 1 saturated carbocycles. The van der Waals surface area contributed by atoms with Gasteiger partial charge in [0, 0.05) is 12.6 Å². The molecular formula is C14H24N4O. The van der Waals surface area contributed by atoms with E-state index in [-0.39, 0.29) is 11.9 Å². The third kappa shape index (κ3) is 3.08. The number of H-pyrrole nitrogens is 1. The summed E-state index contributed by atoms with van der Waals surface area (Å²) in [5.41, 5.74) is 7.82. The van der Waals surface area contributed by atoms with Crippen molar-refractivity contribution in [3.05, 3.63) is 11.4 Å². The summed E-state index contributed by atoms with van der Waals surface area (Å²) < 4.78 is 0. The molecule has 1 aliphatic carbocycles. The van der Waals surface area contributed by atoms with Crippen LogP contribution in [-0.4, -0.2) is 33.6 Å². The van der Waals surface area contributed by atoms with Crippen molar-refractivity contribution in [1.82, 2.24) is 15.1 Å². The fourth-order valence-corrected chi connectivity index (χ4v) is 2.23. The number of hydrogen-bond acceptors (Lipinski definition) is 3. The minimum Gasteiger partial charge on any atom is -0.395 e. The molecule has 106 valence electrons. The van der Waals surface area contributed by atoms with Crippen molar-refractivity contribution in [2.24, 2.45) is 5.92 Å². The summed E-state index contributed by atoms with van der Waals surface area (Å²) in [5.74, 6) is 0.625. The van der Waals surface area contributed by atoms with Crippen molar-refractivity contribution in [2.45, 2.75) is 52.5 Å². The number of carbonyl (C=O) groups is 1. The van der Waals surface area contributed by atoms with Gasteiger partial charge in [-0.05, 0) is 39.0 Å². The Morgan fingerprint density at radius 1 is 1.53 bits per heavy atom. The first-order valence-electron chi connectivity index (χ1n) is 7.18. The Kier molecular flexibility index (Phi) is 4.12. The second-order valence-electron chi connectivity index (χ2n) is 5.71. The van der Waals surface area contributed by atoms with Gasteiger partial charge in [0.25, 0.3) is 5.91 Å². The second kappa shape index (κ2) is 5.63. The zero-order valence-electron chi connectivity index (χ0n) is 12.1. The molecule has 19 heavy (non-hydrogen) atoms. The maximum atomic E-state index is 12.6.